The highest BCUT2D eigenvalue weighted by molar-refractivity contribution is 8.76. The summed E-state index contributed by atoms with van der Waals surface area (Å²) in [5.74, 6) is -9.02. The van der Waals surface area contributed by atoms with Crippen molar-refractivity contribution in [3.63, 3.8) is 0 Å². The maximum absolute atomic E-state index is 14.9. The molecule has 23 nitrogen and oxygen atoms in total. The zero-order chi connectivity index (χ0) is 53.4. The third-order valence-corrected chi connectivity index (χ3v) is 14.9. The Bertz CT molecular complexity index is 2350. The summed E-state index contributed by atoms with van der Waals surface area (Å²) >= 11 is 0. The number of carbonyl (C=O) groups is 11. The molecule has 0 radical (unpaired) electrons. The van der Waals surface area contributed by atoms with Crippen LogP contribution < -0.4 is 49.5 Å². The number of carbonyl (C=O) groups excluding carboxylic acids is 11. The molecule has 13 N–H and O–H groups in total. The minimum absolute atomic E-state index is 0.0179. The van der Waals surface area contributed by atoms with Crippen LogP contribution in [-0.2, 0) is 65.6 Å². The molecule has 11 amide bonds. The Morgan fingerprint density at radius 1 is 0.699 bits per heavy atom. The van der Waals surface area contributed by atoms with Gasteiger partial charge in [-0.2, -0.15) is 0 Å². The third kappa shape index (κ3) is 16.7. The van der Waals surface area contributed by atoms with Gasteiger partial charge in [0.15, 0.2) is 0 Å². The zero-order valence-corrected chi connectivity index (χ0v) is 42.5. The fourth-order valence-corrected chi connectivity index (χ4v) is 11.1. The first-order valence-corrected chi connectivity index (χ1v) is 26.6. The summed E-state index contributed by atoms with van der Waals surface area (Å²) < 4.78 is 0. The fourth-order valence-electron chi connectivity index (χ4n) is 8.84. The van der Waals surface area contributed by atoms with Gasteiger partial charge >= 0.3 is 0 Å². The quantitative estimate of drug-likeness (QED) is 0.0577. The Hall–Kier alpha value is -6.73. The molecular formula is C48H66N12O11S2. The van der Waals surface area contributed by atoms with Crippen molar-refractivity contribution in [2.24, 2.45) is 28.9 Å². The fraction of sp³-hybridized carbons (Fsp3) is 0.521. The average molecular weight is 1050 g/mol. The maximum Gasteiger partial charge on any atom is 0.246 e. The number of nitrogens with one attached hydrogen (secondary N) is 5. The molecule has 6 rings (SSSR count). The normalized spacial score (nSPS) is 24.0. The van der Waals surface area contributed by atoms with Gasteiger partial charge in [0.1, 0.15) is 42.3 Å². The molecule has 2 bridgehead atoms. The lowest BCUT2D eigenvalue weighted by atomic mass is 9.96. The van der Waals surface area contributed by atoms with E-state index in [-0.39, 0.29) is 69.2 Å². The number of rotatable bonds is 17. The van der Waals surface area contributed by atoms with E-state index in [9.17, 15) is 52.7 Å². The summed E-state index contributed by atoms with van der Waals surface area (Å²) in [6.45, 7) is 3.13. The van der Waals surface area contributed by atoms with Gasteiger partial charge in [0.2, 0.25) is 65.0 Å². The predicted molar refractivity (Wildman–Crippen MR) is 271 cm³/mol. The van der Waals surface area contributed by atoms with E-state index in [0.29, 0.717) is 12.0 Å². The first-order valence-electron chi connectivity index (χ1n) is 24.1. The van der Waals surface area contributed by atoms with Gasteiger partial charge in [0.25, 0.3) is 0 Å². The summed E-state index contributed by atoms with van der Waals surface area (Å²) in [6.07, 6.45) is -0.812. The molecule has 8 atom stereocenters. The number of primary amides is 3. The van der Waals surface area contributed by atoms with Crippen LogP contribution in [0.15, 0.2) is 60.7 Å². The van der Waals surface area contributed by atoms with Crippen molar-refractivity contribution in [2.75, 3.05) is 37.7 Å². The molecule has 0 saturated carbocycles. The first-order chi connectivity index (χ1) is 34.7. The molecule has 4 heterocycles. The molecule has 0 spiro atoms. The molecule has 4 saturated heterocycles. The number of benzene rings is 2. The lowest BCUT2D eigenvalue weighted by Crippen LogP contribution is -2.66. The monoisotopic (exact) mass is 1050 g/mol. The van der Waals surface area contributed by atoms with Gasteiger partial charge in [0.05, 0.1) is 19.0 Å². The Labute approximate surface area is 430 Å². The molecule has 0 aliphatic carbocycles. The van der Waals surface area contributed by atoms with Crippen LogP contribution in [-0.4, -0.2) is 166 Å². The van der Waals surface area contributed by atoms with E-state index in [4.69, 9.17) is 22.9 Å². The van der Waals surface area contributed by atoms with Gasteiger partial charge in [-0.25, -0.2) is 0 Å². The molecule has 2 aromatic carbocycles. The summed E-state index contributed by atoms with van der Waals surface area (Å²) in [6, 6.07) is 7.26. The van der Waals surface area contributed by atoms with E-state index in [1.807, 2.05) is 13.8 Å². The van der Waals surface area contributed by atoms with E-state index < -0.39 is 133 Å². The number of nitrogens with zero attached hydrogens (tertiary/aromatic N) is 3. The van der Waals surface area contributed by atoms with Crippen LogP contribution in [0, 0.1) is 5.92 Å². The number of hydrogen-bond donors (Lipinski definition) is 9. The van der Waals surface area contributed by atoms with E-state index >= 15 is 0 Å². The highest BCUT2D eigenvalue weighted by atomic mass is 33.1. The highest BCUT2D eigenvalue weighted by Crippen LogP contribution is 2.28. The van der Waals surface area contributed by atoms with Crippen LogP contribution in [0.1, 0.15) is 63.5 Å². The number of nitrogens with two attached hydrogens (primary N) is 4. The Morgan fingerprint density at radius 3 is 1.86 bits per heavy atom. The van der Waals surface area contributed by atoms with E-state index in [1.54, 1.807) is 60.7 Å². The van der Waals surface area contributed by atoms with Crippen LogP contribution in [0.5, 0.6) is 0 Å². The van der Waals surface area contributed by atoms with Gasteiger partial charge in [-0.05, 0) is 42.7 Å². The van der Waals surface area contributed by atoms with Crippen molar-refractivity contribution in [1.29, 1.82) is 0 Å². The second-order valence-electron chi connectivity index (χ2n) is 18.6. The van der Waals surface area contributed by atoms with Gasteiger partial charge < -0.3 is 64.2 Å². The number of amides is 11. The van der Waals surface area contributed by atoms with Crippen LogP contribution >= 0.6 is 21.6 Å². The molecule has 4 aliphatic heterocycles. The van der Waals surface area contributed by atoms with E-state index in [1.165, 1.54) is 14.7 Å². The highest BCUT2D eigenvalue weighted by Gasteiger charge is 2.45. The Balaban J connectivity index is 1.51. The molecule has 2 aromatic rings. The third-order valence-electron chi connectivity index (χ3n) is 12.5. The van der Waals surface area contributed by atoms with E-state index in [0.717, 1.165) is 27.2 Å². The number of piperazine rings is 1. The summed E-state index contributed by atoms with van der Waals surface area (Å²) in [5.41, 5.74) is 24.2. The number of likely N-dealkylation sites (tertiary alicyclic amines) is 1. The second kappa shape index (κ2) is 27.4. The SMILES string of the molecule is CC(C)C[C@H](NC(=O)[C@@H]1CCCN1C(=O)[C@@H]1CSSC[C@H](N)C(=O)N2CCN(C(=O)[C@H]2Cc2ccccc2)[C@H](Cc2ccccc2)C(=O)N[C@@H](CCC(N)=O)C(=O)N[C@@H](CC(N)=O)C(=O)N1)C(=O)NCC(N)=O. The molecule has 4 aliphatic rings. The van der Waals surface area contributed by atoms with Gasteiger partial charge in [-0.15, -0.1) is 0 Å². The molecule has 25 heteroatoms. The minimum atomic E-state index is -1.75. The van der Waals surface area contributed by atoms with Crippen molar-refractivity contribution in [3.8, 4) is 0 Å². The Morgan fingerprint density at radius 2 is 1.27 bits per heavy atom. The summed E-state index contributed by atoms with van der Waals surface area (Å²) in [5, 5.41) is 12.8. The predicted octanol–water partition coefficient (Wildman–Crippen LogP) is -2.68. The molecule has 73 heavy (non-hydrogen) atoms. The smallest absolute Gasteiger partial charge is 0.246 e. The van der Waals surface area contributed by atoms with E-state index in [2.05, 4.69) is 26.6 Å². The molecule has 396 valence electrons. The first kappa shape index (κ1) is 57.2. The second-order valence-corrected chi connectivity index (χ2v) is 21.1. The van der Waals surface area contributed by atoms with Crippen LogP contribution in [0.25, 0.3) is 0 Å². The topological polar surface area (TPSA) is 362 Å². The minimum Gasteiger partial charge on any atom is -0.370 e. The zero-order valence-electron chi connectivity index (χ0n) is 40.8. The van der Waals surface area contributed by atoms with Gasteiger partial charge in [0, 0.05) is 50.4 Å². The number of hydrogen-bond acceptors (Lipinski definition) is 14. The van der Waals surface area contributed by atoms with Crippen molar-refractivity contribution in [2.45, 2.75) is 114 Å². The lowest BCUT2D eigenvalue weighted by Gasteiger charge is -2.44. The van der Waals surface area contributed by atoms with Crippen molar-refractivity contribution < 1.29 is 52.7 Å². The summed E-state index contributed by atoms with van der Waals surface area (Å²) in [7, 11) is 2.16. The van der Waals surface area contributed by atoms with Crippen molar-refractivity contribution in [3.05, 3.63) is 71.8 Å². The van der Waals surface area contributed by atoms with Crippen molar-refractivity contribution in [1.82, 2.24) is 41.3 Å². The lowest BCUT2D eigenvalue weighted by molar-refractivity contribution is -0.156. The Kier molecular flexibility index (Phi) is 21.4. The maximum atomic E-state index is 14.9. The standard InChI is InChI=1S/C48H66N12O11S2/c1-27(2)20-32(41(64)53-24-40(52)63)56-44(67)35-14-9-17-58(35)47(70)34-26-73-72-25-30(49)46(69)60-19-18-59(48(71)37(60)22-29-12-7-4-8-13-29)36(21-28-10-5-3-6-11-28)45(68)54-31(15-16-38(50)61)42(65)55-33(23-39(51)62)43(66)57-34/h3-8,10-13,27,30-37H,9,14-26,49H2,1-2H3,(H2,50,61)(H2,51,62)(H2,52,63)(H,53,64)(H,54,68)(H,55,65)(H,56,67)(H,57,66)/t30-,31-,32-,33-,34-,35-,36+,37+/m0/s1. The van der Waals surface area contributed by atoms with Crippen LogP contribution in [0.2, 0.25) is 0 Å². The number of fused-ring (bicyclic) bond motifs is 17. The molecular weight excluding hydrogens is 985 g/mol. The van der Waals surface area contributed by atoms with Gasteiger partial charge in [-0.1, -0.05) is 96.1 Å². The summed E-state index contributed by atoms with van der Waals surface area (Å²) in [4.78, 5) is 154. The molecule has 4 fully saturated rings. The molecule has 0 aromatic heterocycles. The van der Waals surface area contributed by atoms with Crippen LogP contribution in [0.3, 0.4) is 0 Å². The molecule has 0 unspecified atom stereocenters. The van der Waals surface area contributed by atoms with Crippen LogP contribution in [0.4, 0.5) is 0 Å². The average Bonchev–Trinajstić information content (AvgIpc) is 3.85. The largest absolute Gasteiger partial charge is 0.370 e. The van der Waals surface area contributed by atoms with Crippen molar-refractivity contribution >= 4 is 86.6 Å². The van der Waals surface area contributed by atoms with Gasteiger partial charge in [-0.3, -0.25) is 52.7 Å².